The van der Waals surface area contributed by atoms with Crippen LogP contribution in [0.5, 0.6) is 0 Å². The fourth-order valence-electron chi connectivity index (χ4n) is 6.23. The average molecular weight is 652 g/mol. The lowest BCUT2D eigenvalue weighted by molar-refractivity contribution is -0.146. The van der Waals surface area contributed by atoms with Crippen LogP contribution < -0.4 is 5.73 Å². The van der Waals surface area contributed by atoms with E-state index >= 15 is 0 Å². The van der Waals surface area contributed by atoms with Crippen molar-refractivity contribution in [3.63, 3.8) is 0 Å². The molecular weight excluding hydrogens is 570 g/mol. The molecule has 5 nitrogen and oxygen atoms in total. The summed E-state index contributed by atoms with van der Waals surface area (Å²) in [5.41, 5.74) is 5.95. The van der Waals surface area contributed by atoms with Gasteiger partial charge in [-0.1, -0.05) is 206 Å². The number of esters is 2. The Hall–Kier alpha value is -1.10. The molecule has 0 aromatic heterocycles. The molecule has 274 valence electrons. The second kappa shape index (κ2) is 38.3. The molecule has 0 spiro atoms. The van der Waals surface area contributed by atoms with E-state index in [4.69, 9.17) is 15.2 Å². The van der Waals surface area contributed by atoms with Crippen LogP contribution in [0.15, 0.2) is 0 Å². The van der Waals surface area contributed by atoms with Crippen LogP contribution in [-0.2, 0) is 19.1 Å². The van der Waals surface area contributed by atoms with Gasteiger partial charge in [0.05, 0.1) is 13.2 Å². The van der Waals surface area contributed by atoms with Crippen molar-refractivity contribution in [1.82, 2.24) is 0 Å². The van der Waals surface area contributed by atoms with E-state index < -0.39 is 12.0 Å². The maximum Gasteiger partial charge on any atom is 0.322 e. The lowest BCUT2D eigenvalue weighted by atomic mass is 10.0. The Labute approximate surface area is 287 Å². The van der Waals surface area contributed by atoms with Crippen molar-refractivity contribution < 1.29 is 19.1 Å². The topological polar surface area (TPSA) is 78.6 Å². The number of unbranched alkanes of at least 4 members (excludes halogenated alkanes) is 30. The first-order chi connectivity index (χ1) is 22.6. The van der Waals surface area contributed by atoms with Gasteiger partial charge in [-0.2, -0.15) is 0 Å². The summed E-state index contributed by atoms with van der Waals surface area (Å²) in [5.74, 6) is -0.659. The Bertz CT molecular complexity index is 626. The molecule has 0 aromatic rings. The summed E-state index contributed by atoms with van der Waals surface area (Å²) in [6.45, 7) is 5.45. The molecule has 0 amide bonds. The van der Waals surface area contributed by atoms with Crippen LogP contribution in [0.3, 0.4) is 0 Å². The lowest BCUT2D eigenvalue weighted by Gasteiger charge is -2.11. The van der Waals surface area contributed by atoms with Gasteiger partial charge in [0.2, 0.25) is 0 Å². The van der Waals surface area contributed by atoms with Crippen molar-refractivity contribution >= 4 is 11.9 Å². The quantitative estimate of drug-likeness (QED) is 0.0531. The van der Waals surface area contributed by atoms with E-state index in [0.29, 0.717) is 13.2 Å². The van der Waals surface area contributed by atoms with Gasteiger partial charge in [-0.3, -0.25) is 9.59 Å². The molecule has 5 heteroatoms. The van der Waals surface area contributed by atoms with E-state index in [1.807, 2.05) is 0 Å². The fourth-order valence-corrected chi connectivity index (χ4v) is 6.23. The van der Waals surface area contributed by atoms with Crippen molar-refractivity contribution in [1.29, 1.82) is 0 Å². The number of ether oxygens (including phenoxy) is 2. The molecule has 2 N–H and O–H groups in total. The molecule has 0 saturated heterocycles. The average Bonchev–Trinajstić information content (AvgIpc) is 3.06. The molecular formula is C41H81NO4. The van der Waals surface area contributed by atoms with Gasteiger partial charge in [0, 0.05) is 6.42 Å². The minimum absolute atomic E-state index is 0.175. The van der Waals surface area contributed by atoms with Gasteiger partial charge in [-0.05, 0) is 19.3 Å². The van der Waals surface area contributed by atoms with Gasteiger partial charge in [-0.25, -0.2) is 0 Å². The number of hydrogen-bond donors (Lipinski definition) is 1. The first-order valence-corrected chi connectivity index (χ1v) is 20.7. The SMILES string of the molecule is CCCCCCCCCCCCCCCCCCOC(=O)CC[C@H](N)C(=O)OCCCCCCCCCCCCCCCCCC. The van der Waals surface area contributed by atoms with E-state index in [2.05, 4.69) is 13.8 Å². The molecule has 0 unspecified atom stereocenters. The molecule has 0 fully saturated rings. The molecule has 46 heavy (non-hydrogen) atoms. The monoisotopic (exact) mass is 652 g/mol. The normalized spacial score (nSPS) is 12.0. The summed E-state index contributed by atoms with van der Waals surface area (Å²) >= 11 is 0. The van der Waals surface area contributed by atoms with Crippen LogP contribution in [0.25, 0.3) is 0 Å². The third kappa shape index (κ3) is 35.7. The van der Waals surface area contributed by atoms with Crippen molar-refractivity contribution in [3.8, 4) is 0 Å². The highest BCUT2D eigenvalue weighted by molar-refractivity contribution is 5.77. The summed E-state index contributed by atoms with van der Waals surface area (Å²) in [7, 11) is 0. The predicted molar refractivity (Wildman–Crippen MR) is 198 cm³/mol. The van der Waals surface area contributed by atoms with Gasteiger partial charge < -0.3 is 15.2 Å². The van der Waals surface area contributed by atoms with Crippen molar-refractivity contribution in [3.05, 3.63) is 0 Å². The van der Waals surface area contributed by atoms with Crippen molar-refractivity contribution in [2.75, 3.05) is 13.2 Å². The molecule has 0 aliphatic carbocycles. The number of nitrogens with two attached hydrogens (primary N) is 1. The Kier molecular flexibility index (Phi) is 37.4. The fraction of sp³-hybridized carbons (Fsp3) is 0.951. The van der Waals surface area contributed by atoms with Crippen LogP contribution >= 0.6 is 0 Å². The summed E-state index contributed by atoms with van der Waals surface area (Å²) in [5, 5.41) is 0. The van der Waals surface area contributed by atoms with Gasteiger partial charge in [-0.15, -0.1) is 0 Å². The summed E-state index contributed by atoms with van der Waals surface area (Å²) in [4.78, 5) is 24.2. The third-order valence-electron chi connectivity index (χ3n) is 9.47. The summed E-state index contributed by atoms with van der Waals surface area (Å²) in [6, 6.07) is -0.746. The minimum Gasteiger partial charge on any atom is -0.466 e. The maximum absolute atomic E-state index is 12.1. The van der Waals surface area contributed by atoms with Gasteiger partial charge in [0.25, 0.3) is 0 Å². The highest BCUT2D eigenvalue weighted by atomic mass is 16.5. The van der Waals surface area contributed by atoms with Crippen LogP contribution in [0, 0.1) is 0 Å². The molecule has 0 bridgehead atoms. The largest absolute Gasteiger partial charge is 0.466 e. The summed E-state index contributed by atoms with van der Waals surface area (Å²) < 4.78 is 10.7. The molecule has 0 aromatic carbocycles. The zero-order chi connectivity index (χ0) is 33.6. The minimum atomic E-state index is -0.746. The van der Waals surface area contributed by atoms with Crippen LogP contribution in [-0.4, -0.2) is 31.2 Å². The second-order valence-electron chi connectivity index (χ2n) is 14.1. The van der Waals surface area contributed by atoms with E-state index in [9.17, 15) is 9.59 Å². The van der Waals surface area contributed by atoms with Crippen molar-refractivity contribution in [2.24, 2.45) is 5.73 Å². The van der Waals surface area contributed by atoms with Crippen LogP contribution in [0.4, 0.5) is 0 Å². The predicted octanol–water partition coefficient (Wildman–Crippen LogP) is 12.7. The highest BCUT2D eigenvalue weighted by Gasteiger charge is 2.17. The highest BCUT2D eigenvalue weighted by Crippen LogP contribution is 2.15. The molecule has 0 saturated carbocycles. The first-order valence-electron chi connectivity index (χ1n) is 20.7. The number of carbonyl (C=O) groups excluding carboxylic acids is 2. The lowest BCUT2D eigenvalue weighted by Crippen LogP contribution is -2.33. The summed E-state index contributed by atoms with van der Waals surface area (Å²) in [6.07, 6.45) is 42.8. The smallest absolute Gasteiger partial charge is 0.322 e. The zero-order valence-electron chi connectivity index (χ0n) is 31.2. The van der Waals surface area contributed by atoms with E-state index in [0.717, 1.165) is 25.7 Å². The maximum atomic E-state index is 12.1. The van der Waals surface area contributed by atoms with Crippen LogP contribution in [0.1, 0.15) is 232 Å². The molecule has 0 aliphatic rings. The molecule has 0 rings (SSSR count). The Morgan fingerprint density at radius 1 is 0.413 bits per heavy atom. The van der Waals surface area contributed by atoms with E-state index in [1.54, 1.807) is 0 Å². The number of carbonyl (C=O) groups is 2. The Balaban J connectivity index is 3.37. The Morgan fingerprint density at radius 3 is 0.978 bits per heavy atom. The third-order valence-corrected chi connectivity index (χ3v) is 9.47. The second-order valence-corrected chi connectivity index (χ2v) is 14.1. The molecule has 0 heterocycles. The molecule has 1 atom stereocenters. The van der Waals surface area contributed by atoms with Crippen LogP contribution in [0.2, 0.25) is 0 Å². The van der Waals surface area contributed by atoms with Gasteiger partial charge in [0.1, 0.15) is 6.04 Å². The van der Waals surface area contributed by atoms with E-state index in [1.165, 1.54) is 180 Å². The molecule has 0 aliphatic heterocycles. The first kappa shape index (κ1) is 44.9. The zero-order valence-corrected chi connectivity index (χ0v) is 31.2. The number of rotatable bonds is 38. The van der Waals surface area contributed by atoms with Gasteiger partial charge in [0.15, 0.2) is 0 Å². The van der Waals surface area contributed by atoms with Gasteiger partial charge >= 0.3 is 11.9 Å². The van der Waals surface area contributed by atoms with E-state index in [-0.39, 0.29) is 18.8 Å². The standard InChI is InChI=1S/C41H81NO4/c1-3-5-7-9-11-13-15-17-19-21-23-25-27-29-31-33-37-45-40(43)36-35-39(42)41(44)46-38-34-32-30-28-26-24-22-20-18-16-14-12-10-8-6-4-2/h39H,3-38,42H2,1-2H3/t39-/m0/s1. The Morgan fingerprint density at radius 2 is 0.674 bits per heavy atom. The molecule has 0 radical (unpaired) electrons. The number of hydrogen-bond acceptors (Lipinski definition) is 5. The van der Waals surface area contributed by atoms with Crippen molar-refractivity contribution in [2.45, 2.75) is 238 Å².